The van der Waals surface area contributed by atoms with Gasteiger partial charge in [-0.25, -0.2) is 0 Å². The standard InChI is InChI=1S/C13H19NO/c1-2-15-13-5-3-4-12(10-13)14-9-8-11-6-7-11/h3-5,10-11,14H,2,6-9H2,1H3. The molecular weight excluding hydrogens is 186 g/mol. The zero-order valence-corrected chi connectivity index (χ0v) is 9.33. The molecular formula is C13H19NO. The maximum absolute atomic E-state index is 5.45. The molecule has 15 heavy (non-hydrogen) atoms. The highest BCUT2D eigenvalue weighted by Gasteiger charge is 2.19. The van der Waals surface area contributed by atoms with Crippen molar-refractivity contribution in [2.45, 2.75) is 26.2 Å². The SMILES string of the molecule is CCOc1cccc(NCCC2CC2)c1. The van der Waals surface area contributed by atoms with E-state index in [1.54, 1.807) is 0 Å². The van der Waals surface area contributed by atoms with Gasteiger partial charge < -0.3 is 10.1 Å². The normalized spacial score (nSPS) is 15.0. The van der Waals surface area contributed by atoms with Crippen LogP contribution in [0.2, 0.25) is 0 Å². The van der Waals surface area contributed by atoms with Gasteiger partial charge in [0.25, 0.3) is 0 Å². The lowest BCUT2D eigenvalue weighted by molar-refractivity contribution is 0.340. The summed E-state index contributed by atoms with van der Waals surface area (Å²) in [6.45, 7) is 3.82. The van der Waals surface area contributed by atoms with E-state index in [9.17, 15) is 0 Å². The zero-order chi connectivity index (χ0) is 10.5. The zero-order valence-electron chi connectivity index (χ0n) is 9.33. The first-order valence-corrected chi connectivity index (χ1v) is 5.85. The highest BCUT2D eigenvalue weighted by molar-refractivity contribution is 5.48. The third-order valence-corrected chi connectivity index (χ3v) is 2.72. The molecule has 0 radical (unpaired) electrons. The quantitative estimate of drug-likeness (QED) is 0.769. The van der Waals surface area contributed by atoms with Crippen LogP contribution in [0.3, 0.4) is 0 Å². The number of hydrogen-bond acceptors (Lipinski definition) is 2. The van der Waals surface area contributed by atoms with Gasteiger partial charge in [0.05, 0.1) is 6.61 Å². The van der Waals surface area contributed by atoms with Crippen LogP contribution in [-0.2, 0) is 0 Å². The molecule has 1 aliphatic carbocycles. The molecule has 0 amide bonds. The van der Waals surface area contributed by atoms with E-state index in [2.05, 4.69) is 17.4 Å². The molecule has 1 saturated carbocycles. The number of ether oxygens (including phenoxy) is 1. The van der Waals surface area contributed by atoms with Gasteiger partial charge in [-0.2, -0.15) is 0 Å². The Morgan fingerprint density at radius 3 is 3.00 bits per heavy atom. The van der Waals surface area contributed by atoms with Crippen LogP contribution in [0, 0.1) is 5.92 Å². The Labute approximate surface area is 91.6 Å². The minimum Gasteiger partial charge on any atom is -0.494 e. The lowest BCUT2D eigenvalue weighted by atomic mass is 10.2. The third kappa shape index (κ3) is 3.46. The first kappa shape index (κ1) is 10.3. The van der Waals surface area contributed by atoms with Gasteiger partial charge in [0.15, 0.2) is 0 Å². The van der Waals surface area contributed by atoms with Crippen LogP contribution in [-0.4, -0.2) is 13.2 Å². The fourth-order valence-corrected chi connectivity index (χ4v) is 1.69. The van der Waals surface area contributed by atoms with Crippen LogP contribution in [0.25, 0.3) is 0 Å². The molecule has 0 bridgehead atoms. The molecule has 1 N–H and O–H groups in total. The van der Waals surface area contributed by atoms with Crippen LogP contribution in [0.5, 0.6) is 5.75 Å². The summed E-state index contributed by atoms with van der Waals surface area (Å²) in [5, 5.41) is 3.43. The molecule has 2 heteroatoms. The summed E-state index contributed by atoms with van der Waals surface area (Å²) >= 11 is 0. The maximum atomic E-state index is 5.45. The van der Waals surface area contributed by atoms with Crippen LogP contribution in [0.4, 0.5) is 5.69 Å². The Hall–Kier alpha value is -1.18. The van der Waals surface area contributed by atoms with Gasteiger partial charge in [0, 0.05) is 18.3 Å². The number of benzene rings is 1. The molecule has 1 aromatic carbocycles. The van der Waals surface area contributed by atoms with Gasteiger partial charge in [-0.1, -0.05) is 18.9 Å². The number of anilines is 1. The van der Waals surface area contributed by atoms with Crippen molar-refractivity contribution in [1.29, 1.82) is 0 Å². The minimum atomic E-state index is 0.728. The molecule has 2 rings (SSSR count). The molecule has 0 heterocycles. The van der Waals surface area contributed by atoms with E-state index in [1.165, 1.54) is 24.9 Å². The predicted octanol–water partition coefficient (Wildman–Crippen LogP) is 3.30. The largest absolute Gasteiger partial charge is 0.494 e. The Bertz CT molecular complexity index is 307. The second kappa shape index (κ2) is 5.06. The molecule has 1 aliphatic rings. The van der Waals surface area contributed by atoms with Crippen molar-refractivity contribution < 1.29 is 4.74 Å². The monoisotopic (exact) mass is 205 g/mol. The smallest absolute Gasteiger partial charge is 0.121 e. The van der Waals surface area contributed by atoms with Crippen molar-refractivity contribution in [3.63, 3.8) is 0 Å². The molecule has 0 aromatic heterocycles. The van der Waals surface area contributed by atoms with Crippen LogP contribution in [0.15, 0.2) is 24.3 Å². The van der Waals surface area contributed by atoms with Crippen LogP contribution >= 0.6 is 0 Å². The fourth-order valence-electron chi connectivity index (χ4n) is 1.69. The van der Waals surface area contributed by atoms with Gasteiger partial charge in [0.2, 0.25) is 0 Å². The predicted molar refractivity (Wildman–Crippen MR) is 63.4 cm³/mol. The fraction of sp³-hybridized carbons (Fsp3) is 0.538. The molecule has 0 unspecified atom stereocenters. The van der Waals surface area contributed by atoms with Crippen molar-refractivity contribution in [2.75, 3.05) is 18.5 Å². The molecule has 0 saturated heterocycles. The van der Waals surface area contributed by atoms with E-state index >= 15 is 0 Å². The van der Waals surface area contributed by atoms with Crippen LogP contribution < -0.4 is 10.1 Å². The Kier molecular flexibility index (Phi) is 3.49. The van der Waals surface area contributed by atoms with Gasteiger partial charge >= 0.3 is 0 Å². The van der Waals surface area contributed by atoms with E-state index < -0.39 is 0 Å². The van der Waals surface area contributed by atoms with Crippen molar-refractivity contribution in [2.24, 2.45) is 5.92 Å². The lowest BCUT2D eigenvalue weighted by Gasteiger charge is -2.08. The Balaban J connectivity index is 1.80. The first-order valence-electron chi connectivity index (χ1n) is 5.85. The summed E-state index contributed by atoms with van der Waals surface area (Å²) in [7, 11) is 0. The average molecular weight is 205 g/mol. The molecule has 1 aromatic rings. The summed E-state index contributed by atoms with van der Waals surface area (Å²) in [5.41, 5.74) is 1.17. The van der Waals surface area contributed by atoms with E-state index in [0.717, 1.165) is 24.8 Å². The molecule has 2 nitrogen and oxygen atoms in total. The molecule has 0 atom stereocenters. The van der Waals surface area contributed by atoms with E-state index in [-0.39, 0.29) is 0 Å². The van der Waals surface area contributed by atoms with Gasteiger partial charge in [-0.05, 0) is 31.4 Å². The van der Waals surface area contributed by atoms with Gasteiger partial charge in [0.1, 0.15) is 5.75 Å². The maximum Gasteiger partial charge on any atom is 0.121 e. The number of nitrogens with one attached hydrogen (secondary N) is 1. The Morgan fingerprint density at radius 1 is 1.40 bits per heavy atom. The molecule has 1 fully saturated rings. The van der Waals surface area contributed by atoms with Crippen molar-refractivity contribution in [3.8, 4) is 5.75 Å². The summed E-state index contributed by atoms with van der Waals surface area (Å²) in [6, 6.07) is 8.19. The number of rotatable bonds is 6. The topological polar surface area (TPSA) is 21.3 Å². The van der Waals surface area contributed by atoms with Crippen LogP contribution in [0.1, 0.15) is 26.2 Å². The van der Waals surface area contributed by atoms with Crippen molar-refractivity contribution in [3.05, 3.63) is 24.3 Å². The van der Waals surface area contributed by atoms with Crippen molar-refractivity contribution >= 4 is 5.69 Å². The van der Waals surface area contributed by atoms with E-state index in [0.29, 0.717) is 0 Å². The first-order chi connectivity index (χ1) is 7.38. The molecule has 0 spiro atoms. The van der Waals surface area contributed by atoms with Gasteiger partial charge in [-0.15, -0.1) is 0 Å². The highest BCUT2D eigenvalue weighted by atomic mass is 16.5. The summed E-state index contributed by atoms with van der Waals surface area (Å²) in [6.07, 6.45) is 4.17. The number of hydrogen-bond donors (Lipinski definition) is 1. The molecule has 0 aliphatic heterocycles. The summed E-state index contributed by atoms with van der Waals surface area (Å²) in [4.78, 5) is 0. The average Bonchev–Trinajstić information content (AvgIpc) is 3.03. The van der Waals surface area contributed by atoms with Crippen molar-refractivity contribution in [1.82, 2.24) is 0 Å². The highest BCUT2D eigenvalue weighted by Crippen LogP contribution is 2.32. The Morgan fingerprint density at radius 2 is 2.27 bits per heavy atom. The third-order valence-electron chi connectivity index (χ3n) is 2.72. The van der Waals surface area contributed by atoms with Gasteiger partial charge in [-0.3, -0.25) is 0 Å². The van der Waals surface area contributed by atoms with E-state index in [4.69, 9.17) is 4.74 Å². The minimum absolute atomic E-state index is 0.728. The second-order valence-electron chi connectivity index (χ2n) is 4.12. The second-order valence-corrected chi connectivity index (χ2v) is 4.12. The summed E-state index contributed by atoms with van der Waals surface area (Å²) in [5.74, 6) is 1.95. The van der Waals surface area contributed by atoms with E-state index in [1.807, 2.05) is 19.1 Å². The molecule has 82 valence electrons. The lowest BCUT2D eigenvalue weighted by Crippen LogP contribution is -2.02. The summed E-state index contributed by atoms with van der Waals surface area (Å²) < 4.78 is 5.45.